The van der Waals surface area contributed by atoms with E-state index in [0.29, 0.717) is 12.1 Å². The van der Waals surface area contributed by atoms with Crippen molar-refractivity contribution in [1.29, 1.82) is 0 Å². The Kier molecular flexibility index (Phi) is 4.49. The molecule has 7 heteroatoms. The summed E-state index contributed by atoms with van der Waals surface area (Å²) >= 11 is 0. The number of hydrogen-bond acceptors (Lipinski definition) is 4. The van der Waals surface area contributed by atoms with Crippen LogP contribution in [0.5, 0.6) is 0 Å². The van der Waals surface area contributed by atoms with Gasteiger partial charge >= 0.3 is 0 Å². The van der Waals surface area contributed by atoms with E-state index in [9.17, 15) is 13.2 Å². The minimum absolute atomic E-state index is 0.0229. The number of carbonyl (C=O) groups is 1. The van der Waals surface area contributed by atoms with E-state index in [4.69, 9.17) is 4.42 Å². The van der Waals surface area contributed by atoms with Crippen LogP contribution in [0.3, 0.4) is 0 Å². The second-order valence-corrected chi connectivity index (χ2v) is 7.86. The van der Waals surface area contributed by atoms with E-state index in [0.717, 1.165) is 5.76 Å². The summed E-state index contributed by atoms with van der Waals surface area (Å²) in [5.41, 5.74) is 0.529. The minimum Gasteiger partial charge on any atom is -0.463 e. The van der Waals surface area contributed by atoms with Gasteiger partial charge in [-0.05, 0) is 24.3 Å². The van der Waals surface area contributed by atoms with Crippen molar-refractivity contribution >= 4 is 15.7 Å². The number of nitrogens with two attached hydrogens (primary N) is 1. The summed E-state index contributed by atoms with van der Waals surface area (Å²) in [6.45, 7) is 0.547. The molecular formula is C16H19N2O4S+. The third kappa shape index (κ3) is 4.00. The molecule has 2 aromatic rings. The fraction of sp³-hybridized carbons (Fsp3) is 0.312. The van der Waals surface area contributed by atoms with Crippen LogP contribution in [-0.2, 0) is 16.4 Å². The third-order valence-electron chi connectivity index (χ3n) is 3.95. The van der Waals surface area contributed by atoms with Gasteiger partial charge in [0.05, 0.1) is 18.1 Å². The fourth-order valence-corrected chi connectivity index (χ4v) is 4.76. The predicted molar refractivity (Wildman–Crippen MR) is 84.5 cm³/mol. The van der Waals surface area contributed by atoms with Crippen molar-refractivity contribution < 1.29 is 22.9 Å². The maximum atomic E-state index is 12.3. The summed E-state index contributed by atoms with van der Waals surface area (Å²) < 4.78 is 29.1. The first-order valence-corrected chi connectivity index (χ1v) is 9.28. The number of quaternary nitrogens is 1. The molecule has 6 nitrogen and oxygen atoms in total. The summed E-state index contributed by atoms with van der Waals surface area (Å²) in [6.07, 6.45) is 1.59. The van der Waals surface area contributed by atoms with E-state index in [-0.39, 0.29) is 23.5 Å². The molecule has 1 amide bonds. The Bertz CT molecular complexity index is 757. The molecule has 1 saturated heterocycles. The van der Waals surface area contributed by atoms with Crippen molar-refractivity contribution in [1.82, 2.24) is 5.32 Å². The van der Waals surface area contributed by atoms with E-state index < -0.39 is 15.9 Å². The van der Waals surface area contributed by atoms with E-state index in [1.165, 1.54) is 0 Å². The lowest BCUT2D eigenvalue weighted by Crippen LogP contribution is -2.92. The van der Waals surface area contributed by atoms with E-state index in [1.807, 2.05) is 17.4 Å². The van der Waals surface area contributed by atoms with E-state index in [2.05, 4.69) is 5.32 Å². The number of carbonyl (C=O) groups excluding carboxylic acids is 1. The molecule has 23 heavy (non-hydrogen) atoms. The Morgan fingerprint density at radius 2 is 1.96 bits per heavy atom. The Morgan fingerprint density at radius 1 is 1.17 bits per heavy atom. The summed E-state index contributed by atoms with van der Waals surface area (Å²) in [5, 5.41) is 4.77. The van der Waals surface area contributed by atoms with Crippen LogP contribution in [0.4, 0.5) is 0 Å². The van der Waals surface area contributed by atoms with Crippen molar-refractivity contribution in [2.24, 2.45) is 0 Å². The van der Waals surface area contributed by atoms with Gasteiger partial charge in [-0.2, -0.15) is 0 Å². The monoisotopic (exact) mass is 335 g/mol. The first-order chi connectivity index (χ1) is 11.0. The maximum absolute atomic E-state index is 12.3. The lowest BCUT2D eigenvalue weighted by atomic mass is 10.1. The van der Waals surface area contributed by atoms with Crippen LogP contribution < -0.4 is 10.6 Å². The van der Waals surface area contributed by atoms with Gasteiger partial charge in [0, 0.05) is 5.56 Å². The molecule has 0 saturated carbocycles. The lowest BCUT2D eigenvalue weighted by molar-refractivity contribution is -0.702. The van der Waals surface area contributed by atoms with Crippen LogP contribution in [0, 0.1) is 0 Å². The Balaban J connectivity index is 1.66. The van der Waals surface area contributed by atoms with Crippen molar-refractivity contribution in [3.63, 3.8) is 0 Å². The number of nitrogens with one attached hydrogen (secondary N) is 1. The standard InChI is InChI=1S/C16H18N2O4S/c19-16(12-5-2-1-3-6-12)18-15-11-23(20,21)10-14(15)17-9-13-7-4-8-22-13/h1-8,14-15,17H,9-11H2,(H,18,19)/p+1/t14-,15+/m0/s1. The van der Waals surface area contributed by atoms with Gasteiger partial charge < -0.3 is 15.1 Å². The number of benzene rings is 1. The Labute approximate surface area is 134 Å². The quantitative estimate of drug-likeness (QED) is 0.800. The molecule has 122 valence electrons. The molecule has 3 N–H and O–H groups in total. The minimum atomic E-state index is -3.14. The zero-order valence-electron chi connectivity index (χ0n) is 12.5. The van der Waals surface area contributed by atoms with Crippen molar-refractivity contribution in [3.05, 3.63) is 60.1 Å². The highest BCUT2D eigenvalue weighted by molar-refractivity contribution is 7.91. The van der Waals surface area contributed by atoms with E-state index in [1.54, 1.807) is 36.6 Å². The van der Waals surface area contributed by atoms with Crippen molar-refractivity contribution in [2.75, 3.05) is 11.5 Å². The van der Waals surface area contributed by atoms with Crippen LogP contribution >= 0.6 is 0 Å². The number of amides is 1. The molecule has 3 rings (SSSR count). The largest absolute Gasteiger partial charge is 0.463 e. The van der Waals surface area contributed by atoms with Gasteiger partial charge in [-0.15, -0.1) is 0 Å². The molecule has 0 aliphatic carbocycles. The van der Waals surface area contributed by atoms with Gasteiger partial charge in [-0.25, -0.2) is 8.42 Å². The highest BCUT2D eigenvalue weighted by Gasteiger charge is 2.41. The topological polar surface area (TPSA) is 93.0 Å². The average molecular weight is 335 g/mol. The number of sulfone groups is 1. The van der Waals surface area contributed by atoms with Gasteiger partial charge in [0.15, 0.2) is 15.6 Å². The van der Waals surface area contributed by atoms with Crippen LogP contribution in [0.1, 0.15) is 16.1 Å². The van der Waals surface area contributed by atoms with Gasteiger partial charge in [0.25, 0.3) is 5.91 Å². The maximum Gasteiger partial charge on any atom is 0.251 e. The molecule has 1 aliphatic rings. The normalized spacial score (nSPS) is 22.8. The Hall–Kier alpha value is -2.12. The molecule has 0 unspecified atom stereocenters. The smallest absolute Gasteiger partial charge is 0.251 e. The first-order valence-electron chi connectivity index (χ1n) is 7.45. The molecule has 1 aliphatic heterocycles. The summed E-state index contributed by atoms with van der Waals surface area (Å²) in [6, 6.07) is 11.8. The second-order valence-electron chi connectivity index (χ2n) is 5.71. The molecular weight excluding hydrogens is 316 g/mol. The molecule has 0 spiro atoms. The van der Waals surface area contributed by atoms with Crippen LogP contribution in [-0.4, -0.2) is 37.9 Å². The molecule has 1 aromatic heterocycles. The summed E-state index contributed by atoms with van der Waals surface area (Å²) in [4.78, 5) is 12.3. The van der Waals surface area contributed by atoms with Crippen LogP contribution in [0.15, 0.2) is 53.1 Å². The second kappa shape index (κ2) is 6.55. The molecule has 0 bridgehead atoms. The van der Waals surface area contributed by atoms with Gasteiger partial charge in [0.2, 0.25) is 0 Å². The zero-order chi connectivity index (χ0) is 16.3. The third-order valence-corrected chi connectivity index (χ3v) is 5.71. The molecule has 0 radical (unpaired) electrons. The van der Waals surface area contributed by atoms with E-state index >= 15 is 0 Å². The Morgan fingerprint density at radius 3 is 2.65 bits per heavy atom. The highest BCUT2D eigenvalue weighted by atomic mass is 32.2. The average Bonchev–Trinajstić information content (AvgIpc) is 3.13. The van der Waals surface area contributed by atoms with Crippen molar-refractivity contribution in [3.8, 4) is 0 Å². The van der Waals surface area contributed by atoms with Gasteiger partial charge in [0.1, 0.15) is 18.3 Å². The molecule has 2 atom stereocenters. The van der Waals surface area contributed by atoms with Crippen molar-refractivity contribution in [2.45, 2.75) is 18.6 Å². The molecule has 2 heterocycles. The SMILES string of the molecule is O=C(N[C@@H]1CS(=O)(=O)C[C@@H]1[NH2+]Cc1ccco1)c1ccccc1. The van der Waals surface area contributed by atoms with Gasteiger partial charge in [-0.3, -0.25) is 4.79 Å². The fourth-order valence-electron chi connectivity index (χ4n) is 2.79. The predicted octanol–water partition coefficient (Wildman–Crippen LogP) is -0.0614. The number of hydrogen-bond donors (Lipinski definition) is 2. The van der Waals surface area contributed by atoms with Crippen LogP contribution in [0.2, 0.25) is 0 Å². The van der Waals surface area contributed by atoms with Crippen LogP contribution in [0.25, 0.3) is 0 Å². The molecule has 1 fully saturated rings. The highest BCUT2D eigenvalue weighted by Crippen LogP contribution is 2.11. The number of rotatable bonds is 5. The summed E-state index contributed by atoms with van der Waals surface area (Å²) in [7, 11) is -3.14. The van der Waals surface area contributed by atoms with Gasteiger partial charge in [-0.1, -0.05) is 18.2 Å². The molecule has 1 aromatic carbocycles. The number of furan rings is 1. The lowest BCUT2D eigenvalue weighted by Gasteiger charge is -2.17. The first kappa shape index (κ1) is 15.8. The summed E-state index contributed by atoms with van der Waals surface area (Å²) in [5.74, 6) is 0.574. The zero-order valence-corrected chi connectivity index (χ0v) is 13.3.